The second-order valence-electron chi connectivity index (χ2n) is 6.98. The lowest BCUT2D eigenvalue weighted by molar-refractivity contribution is -0.0547. The number of carbonyl (C=O) groups excluding carboxylic acids is 2. The molecular formula is C18H27N3O4. The van der Waals surface area contributed by atoms with E-state index >= 15 is 0 Å². The fourth-order valence-corrected chi connectivity index (χ4v) is 2.43. The average molecular weight is 349 g/mol. The van der Waals surface area contributed by atoms with E-state index < -0.39 is 11.7 Å². The van der Waals surface area contributed by atoms with Crippen molar-refractivity contribution in [1.29, 1.82) is 0 Å². The second-order valence-corrected chi connectivity index (χ2v) is 6.98. The summed E-state index contributed by atoms with van der Waals surface area (Å²) >= 11 is 0. The monoisotopic (exact) mass is 349 g/mol. The van der Waals surface area contributed by atoms with Crippen LogP contribution in [0.25, 0.3) is 0 Å². The smallest absolute Gasteiger partial charge is 0.424 e. The number of hydrazine groups is 1. The molecule has 1 heterocycles. The lowest BCUT2D eigenvalue weighted by Crippen LogP contribution is -2.56. The number of amides is 2. The molecule has 25 heavy (non-hydrogen) atoms. The molecule has 7 nitrogen and oxygen atoms in total. The molecule has 0 N–H and O–H groups in total. The molecule has 2 amide bonds. The number of rotatable bonds is 3. The van der Waals surface area contributed by atoms with Crippen LogP contribution >= 0.6 is 0 Å². The van der Waals surface area contributed by atoms with E-state index in [-0.39, 0.29) is 12.7 Å². The number of hydrogen-bond donors (Lipinski definition) is 0. The van der Waals surface area contributed by atoms with E-state index in [1.807, 2.05) is 56.1 Å². The topological polar surface area (TPSA) is 62.3 Å². The van der Waals surface area contributed by atoms with Crippen molar-refractivity contribution in [1.82, 2.24) is 14.9 Å². The van der Waals surface area contributed by atoms with Crippen molar-refractivity contribution in [3.05, 3.63) is 35.9 Å². The van der Waals surface area contributed by atoms with Crippen LogP contribution in [0.3, 0.4) is 0 Å². The summed E-state index contributed by atoms with van der Waals surface area (Å²) in [5.41, 5.74) is 0.424. The zero-order valence-electron chi connectivity index (χ0n) is 15.4. The molecule has 0 spiro atoms. The van der Waals surface area contributed by atoms with E-state index in [4.69, 9.17) is 9.47 Å². The molecule has 2 rings (SSSR count). The van der Waals surface area contributed by atoms with Gasteiger partial charge in [0.05, 0.1) is 0 Å². The van der Waals surface area contributed by atoms with Gasteiger partial charge in [-0.1, -0.05) is 30.3 Å². The van der Waals surface area contributed by atoms with E-state index in [2.05, 4.69) is 0 Å². The Bertz CT molecular complexity index is 578. The van der Waals surface area contributed by atoms with Gasteiger partial charge in [-0.15, -0.1) is 0 Å². The largest absolute Gasteiger partial charge is 0.445 e. The Morgan fingerprint density at radius 1 is 1.08 bits per heavy atom. The summed E-state index contributed by atoms with van der Waals surface area (Å²) < 4.78 is 10.7. The van der Waals surface area contributed by atoms with Crippen LogP contribution < -0.4 is 0 Å². The first kappa shape index (κ1) is 19.1. The van der Waals surface area contributed by atoms with Gasteiger partial charge < -0.3 is 14.4 Å². The SMILES string of the molecule is CN(C(=O)OC(C)(C)C)N1CCN(C(=O)OCc2ccccc2)CC1. The Kier molecular flexibility index (Phi) is 6.25. The summed E-state index contributed by atoms with van der Waals surface area (Å²) in [6.07, 6.45) is -0.726. The summed E-state index contributed by atoms with van der Waals surface area (Å²) in [5.74, 6) is 0. The minimum atomic E-state index is -0.533. The van der Waals surface area contributed by atoms with E-state index in [0.29, 0.717) is 26.2 Å². The third kappa shape index (κ3) is 5.94. The average Bonchev–Trinajstić information content (AvgIpc) is 2.58. The molecule has 1 aromatic rings. The van der Waals surface area contributed by atoms with Gasteiger partial charge in [0.25, 0.3) is 0 Å². The number of piperazine rings is 1. The van der Waals surface area contributed by atoms with Crippen LogP contribution in [0.2, 0.25) is 0 Å². The van der Waals surface area contributed by atoms with Crippen LogP contribution in [0.4, 0.5) is 9.59 Å². The lowest BCUT2D eigenvalue weighted by atomic mass is 10.2. The van der Waals surface area contributed by atoms with Gasteiger partial charge in [0.15, 0.2) is 0 Å². The zero-order valence-corrected chi connectivity index (χ0v) is 15.4. The van der Waals surface area contributed by atoms with Crippen molar-refractivity contribution in [3.63, 3.8) is 0 Å². The number of benzene rings is 1. The number of carbonyl (C=O) groups is 2. The molecule has 0 aromatic heterocycles. The third-order valence-corrected chi connectivity index (χ3v) is 3.80. The zero-order chi connectivity index (χ0) is 18.4. The highest BCUT2D eigenvalue weighted by atomic mass is 16.6. The van der Waals surface area contributed by atoms with Gasteiger partial charge in [0, 0.05) is 33.2 Å². The van der Waals surface area contributed by atoms with Gasteiger partial charge in [-0.2, -0.15) is 0 Å². The highest BCUT2D eigenvalue weighted by Crippen LogP contribution is 2.13. The fraction of sp³-hybridized carbons (Fsp3) is 0.556. The molecule has 7 heteroatoms. The standard InChI is InChI=1S/C18H27N3O4/c1-18(2,3)25-16(22)19(4)21-12-10-20(11-13-21)17(23)24-14-15-8-6-5-7-9-15/h5-9H,10-14H2,1-4H3. The second kappa shape index (κ2) is 8.20. The predicted molar refractivity (Wildman–Crippen MR) is 93.8 cm³/mol. The molecule has 1 aliphatic rings. The molecule has 1 fully saturated rings. The normalized spacial score (nSPS) is 15.6. The Morgan fingerprint density at radius 2 is 1.68 bits per heavy atom. The first-order valence-corrected chi connectivity index (χ1v) is 8.43. The maximum atomic E-state index is 12.1. The Balaban J connectivity index is 1.76. The van der Waals surface area contributed by atoms with Crippen LogP contribution in [0.1, 0.15) is 26.3 Å². The molecule has 0 radical (unpaired) electrons. The first-order valence-electron chi connectivity index (χ1n) is 8.43. The van der Waals surface area contributed by atoms with Crippen LogP contribution in [0.15, 0.2) is 30.3 Å². The minimum absolute atomic E-state index is 0.262. The predicted octanol–water partition coefficient (Wildman–Crippen LogP) is 2.72. The van der Waals surface area contributed by atoms with Crippen molar-refractivity contribution >= 4 is 12.2 Å². The highest BCUT2D eigenvalue weighted by Gasteiger charge is 2.28. The lowest BCUT2D eigenvalue weighted by Gasteiger charge is -2.39. The summed E-state index contributed by atoms with van der Waals surface area (Å²) in [6, 6.07) is 9.58. The molecule has 0 unspecified atom stereocenters. The van der Waals surface area contributed by atoms with E-state index in [1.165, 1.54) is 5.01 Å². The van der Waals surface area contributed by atoms with Crippen LogP contribution in [-0.2, 0) is 16.1 Å². The Labute approximate surface area is 149 Å². The van der Waals surface area contributed by atoms with Gasteiger partial charge in [-0.25, -0.2) is 19.6 Å². The third-order valence-electron chi connectivity index (χ3n) is 3.80. The van der Waals surface area contributed by atoms with Gasteiger partial charge in [-0.3, -0.25) is 0 Å². The van der Waals surface area contributed by atoms with Crippen LogP contribution in [0, 0.1) is 0 Å². The summed E-state index contributed by atoms with van der Waals surface area (Å²) in [6.45, 7) is 7.86. The maximum Gasteiger partial charge on any atom is 0.424 e. The Morgan fingerprint density at radius 3 is 2.24 bits per heavy atom. The van der Waals surface area contributed by atoms with Gasteiger partial charge in [0.2, 0.25) is 0 Å². The van der Waals surface area contributed by atoms with Crippen molar-refractivity contribution in [2.45, 2.75) is 33.0 Å². The molecule has 1 saturated heterocycles. The van der Waals surface area contributed by atoms with Crippen molar-refractivity contribution in [2.75, 3.05) is 33.2 Å². The van der Waals surface area contributed by atoms with E-state index in [1.54, 1.807) is 11.9 Å². The number of ether oxygens (including phenoxy) is 2. The molecule has 138 valence electrons. The summed E-state index contributed by atoms with van der Waals surface area (Å²) in [4.78, 5) is 25.9. The molecule has 1 aromatic carbocycles. The van der Waals surface area contributed by atoms with Gasteiger partial charge in [0.1, 0.15) is 12.2 Å². The maximum absolute atomic E-state index is 12.1. The summed E-state index contributed by atoms with van der Waals surface area (Å²) in [7, 11) is 1.68. The van der Waals surface area contributed by atoms with Crippen LogP contribution in [0.5, 0.6) is 0 Å². The molecule has 0 saturated carbocycles. The molecule has 0 aliphatic carbocycles. The minimum Gasteiger partial charge on any atom is -0.445 e. The highest BCUT2D eigenvalue weighted by molar-refractivity contribution is 5.68. The van der Waals surface area contributed by atoms with E-state index in [0.717, 1.165) is 5.56 Å². The van der Waals surface area contributed by atoms with Crippen molar-refractivity contribution < 1.29 is 19.1 Å². The molecule has 1 aliphatic heterocycles. The van der Waals surface area contributed by atoms with Crippen molar-refractivity contribution in [3.8, 4) is 0 Å². The van der Waals surface area contributed by atoms with Crippen LogP contribution in [-0.4, -0.2) is 65.9 Å². The van der Waals surface area contributed by atoms with E-state index in [9.17, 15) is 9.59 Å². The van der Waals surface area contributed by atoms with Crippen molar-refractivity contribution in [2.24, 2.45) is 0 Å². The number of nitrogens with zero attached hydrogens (tertiary/aromatic N) is 3. The molecule has 0 atom stereocenters. The first-order chi connectivity index (χ1) is 11.8. The quantitative estimate of drug-likeness (QED) is 0.840. The number of hydrogen-bond acceptors (Lipinski definition) is 5. The molecule has 0 bridgehead atoms. The Hall–Kier alpha value is -2.28. The molecular weight excluding hydrogens is 322 g/mol. The van der Waals surface area contributed by atoms with Gasteiger partial charge in [-0.05, 0) is 26.3 Å². The summed E-state index contributed by atoms with van der Waals surface area (Å²) in [5, 5.41) is 3.34. The fourth-order valence-electron chi connectivity index (χ4n) is 2.43. The van der Waals surface area contributed by atoms with Gasteiger partial charge >= 0.3 is 12.2 Å².